The maximum absolute atomic E-state index is 11.3. The summed E-state index contributed by atoms with van der Waals surface area (Å²) in [5.74, 6) is -1.44. The minimum Gasteiger partial charge on any atom is -0.480 e. The summed E-state index contributed by atoms with van der Waals surface area (Å²) in [4.78, 5) is 21.5. The van der Waals surface area contributed by atoms with Gasteiger partial charge in [-0.3, -0.25) is 4.79 Å². The molecule has 0 saturated carbocycles. The standard InChI is InChI=1S/C20H39NO6/c1-2-3-4-5-6-7-8-9-10-11-13-25-15-16-26-14-12-21-19(22)17-27-18-20(23)24/h2-18H2,1H3,(H,21,22)(H,23,24). The van der Waals surface area contributed by atoms with Crippen LogP contribution in [0, 0.1) is 0 Å². The zero-order chi connectivity index (χ0) is 20.0. The lowest BCUT2D eigenvalue weighted by Crippen LogP contribution is -2.31. The molecule has 160 valence electrons. The van der Waals surface area contributed by atoms with Crippen LogP contribution in [-0.2, 0) is 23.8 Å². The zero-order valence-corrected chi connectivity index (χ0v) is 17.0. The number of nitrogens with one attached hydrogen (secondary N) is 1. The number of amides is 1. The molecule has 0 saturated heterocycles. The maximum Gasteiger partial charge on any atom is 0.329 e. The second-order valence-corrected chi connectivity index (χ2v) is 6.64. The number of hydrogen-bond acceptors (Lipinski definition) is 5. The molecule has 0 aromatic rings. The minimum atomic E-state index is -1.09. The van der Waals surface area contributed by atoms with Crippen molar-refractivity contribution in [2.45, 2.75) is 71.1 Å². The summed E-state index contributed by atoms with van der Waals surface area (Å²) in [6.45, 7) is 4.13. The smallest absolute Gasteiger partial charge is 0.329 e. The van der Waals surface area contributed by atoms with Gasteiger partial charge in [0.05, 0.1) is 19.8 Å². The lowest BCUT2D eigenvalue weighted by atomic mass is 10.1. The Morgan fingerprint density at radius 3 is 1.85 bits per heavy atom. The van der Waals surface area contributed by atoms with Crippen molar-refractivity contribution < 1.29 is 28.9 Å². The van der Waals surface area contributed by atoms with Gasteiger partial charge >= 0.3 is 5.97 Å². The molecule has 0 atom stereocenters. The van der Waals surface area contributed by atoms with Crippen LogP contribution in [-0.4, -0.2) is 63.2 Å². The van der Waals surface area contributed by atoms with Crippen molar-refractivity contribution in [2.75, 3.05) is 46.2 Å². The molecule has 0 unspecified atom stereocenters. The summed E-state index contributed by atoms with van der Waals surface area (Å²) in [5.41, 5.74) is 0. The van der Waals surface area contributed by atoms with E-state index in [2.05, 4.69) is 17.0 Å². The predicted molar refractivity (Wildman–Crippen MR) is 105 cm³/mol. The average Bonchev–Trinajstić information content (AvgIpc) is 2.64. The molecule has 0 radical (unpaired) electrons. The molecular formula is C20H39NO6. The molecule has 1 amide bonds. The van der Waals surface area contributed by atoms with Gasteiger partial charge in [-0.25, -0.2) is 4.79 Å². The van der Waals surface area contributed by atoms with Crippen molar-refractivity contribution in [3.63, 3.8) is 0 Å². The van der Waals surface area contributed by atoms with E-state index in [0.717, 1.165) is 13.0 Å². The summed E-state index contributed by atoms with van der Waals surface area (Å²) >= 11 is 0. The van der Waals surface area contributed by atoms with Crippen LogP contribution in [0.5, 0.6) is 0 Å². The number of carbonyl (C=O) groups is 2. The maximum atomic E-state index is 11.3. The van der Waals surface area contributed by atoms with Gasteiger partial charge in [0.25, 0.3) is 0 Å². The first kappa shape index (κ1) is 25.8. The van der Waals surface area contributed by atoms with E-state index in [1.165, 1.54) is 57.8 Å². The molecule has 0 aromatic carbocycles. The first-order valence-electron chi connectivity index (χ1n) is 10.4. The fraction of sp³-hybridized carbons (Fsp3) is 0.900. The molecule has 7 heteroatoms. The third kappa shape index (κ3) is 22.8. The van der Waals surface area contributed by atoms with Gasteiger partial charge in [-0.1, -0.05) is 64.7 Å². The predicted octanol–water partition coefficient (Wildman–Crippen LogP) is 3.16. The van der Waals surface area contributed by atoms with Gasteiger partial charge < -0.3 is 24.6 Å². The summed E-state index contributed by atoms with van der Waals surface area (Å²) in [6, 6.07) is 0. The van der Waals surface area contributed by atoms with Crippen LogP contribution >= 0.6 is 0 Å². The minimum absolute atomic E-state index is 0.256. The van der Waals surface area contributed by atoms with Crippen LogP contribution in [0.1, 0.15) is 71.1 Å². The quantitative estimate of drug-likeness (QED) is 0.293. The Balaban J connectivity index is 3.10. The zero-order valence-electron chi connectivity index (χ0n) is 17.0. The van der Waals surface area contributed by atoms with E-state index in [1.807, 2.05) is 0 Å². The van der Waals surface area contributed by atoms with Crippen molar-refractivity contribution in [1.29, 1.82) is 0 Å². The van der Waals surface area contributed by atoms with E-state index < -0.39 is 12.6 Å². The van der Waals surface area contributed by atoms with Gasteiger partial charge in [0, 0.05) is 13.2 Å². The Bertz CT molecular complexity index is 351. The van der Waals surface area contributed by atoms with Crippen LogP contribution in [0.3, 0.4) is 0 Å². The van der Waals surface area contributed by atoms with Crippen LogP contribution in [0.2, 0.25) is 0 Å². The van der Waals surface area contributed by atoms with E-state index >= 15 is 0 Å². The van der Waals surface area contributed by atoms with E-state index in [1.54, 1.807) is 0 Å². The summed E-state index contributed by atoms with van der Waals surface area (Å²) < 4.78 is 15.5. The highest BCUT2D eigenvalue weighted by molar-refractivity contribution is 5.77. The van der Waals surface area contributed by atoms with Gasteiger partial charge in [0.1, 0.15) is 13.2 Å². The molecule has 7 nitrogen and oxygen atoms in total. The third-order valence-corrected chi connectivity index (χ3v) is 4.04. The molecule has 2 N–H and O–H groups in total. The van der Waals surface area contributed by atoms with Crippen LogP contribution in [0.25, 0.3) is 0 Å². The number of rotatable bonds is 21. The van der Waals surface area contributed by atoms with Crippen molar-refractivity contribution in [1.82, 2.24) is 5.32 Å². The fourth-order valence-corrected chi connectivity index (χ4v) is 2.56. The monoisotopic (exact) mass is 389 g/mol. The summed E-state index contributed by atoms with van der Waals surface area (Å²) in [6.07, 6.45) is 13.2. The highest BCUT2D eigenvalue weighted by atomic mass is 16.5. The lowest BCUT2D eigenvalue weighted by Gasteiger charge is -2.07. The highest BCUT2D eigenvalue weighted by Crippen LogP contribution is 2.10. The van der Waals surface area contributed by atoms with E-state index in [0.29, 0.717) is 26.4 Å². The lowest BCUT2D eigenvalue weighted by molar-refractivity contribution is -0.143. The number of carbonyl (C=O) groups excluding carboxylic acids is 1. The third-order valence-electron chi connectivity index (χ3n) is 4.04. The van der Waals surface area contributed by atoms with E-state index in [-0.39, 0.29) is 12.5 Å². The summed E-state index contributed by atoms with van der Waals surface area (Å²) in [7, 11) is 0. The van der Waals surface area contributed by atoms with Crippen molar-refractivity contribution in [2.24, 2.45) is 0 Å². The highest BCUT2D eigenvalue weighted by Gasteiger charge is 2.02. The second-order valence-electron chi connectivity index (χ2n) is 6.64. The first-order valence-corrected chi connectivity index (χ1v) is 10.4. The van der Waals surface area contributed by atoms with E-state index in [9.17, 15) is 9.59 Å². The number of carboxylic acids is 1. The van der Waals surface area contributed by atoms with Gasteiger partial charge in [-0.2, -0.15) is 0 Å². The molecule has 0 fully saturated rings. The first-order chi connectivity index (χ1) is 13.2. The Hall–Kier alpha value is -1.18. The summed E-state index contributed by atoms with van der Waals surface area (Å²) in [5, 5.41) is 11.0. The molecule has 0 aromatic heterocycles. The van der Waals surface area contributed by atoms with Crippen LogP contribution < -0.4 is 5.32 Å². The molecule has 27 heavy (non-hydrogen) atoms. The number of unbranched alkanes of at least 4 members (excludes halogenated alkanes) is 9. The molecule has 0 aliphatic rings. The molecule has 0 aliphatic heterocycles. The second kappa shape index (κ2) is 21.1. The van der Waals surface area contributed by atoms with Gasteiger partial charge in [0.15, 0.2) is 0 Å². The number of carboxylic acid groups (broad SMARTS) is 1. The normalized spacial score (nSPS) is 10.9. The fourth-order valence-electron chi connectivity index (χ4n) is 2.56. The molecule has 0 bridgehead atoms. The molecule has 0 aliphatic carbocycles. The SMILES string of the molecule is CCCCCCCCCCCCOCCOCCNC(=O)COCC(=O)O. The average molecular weight is 390 g/mol. The van der Waals surface area contributed by atoms with Gasteiger partial charge in [0.2, 0.25) is 5.91 Å². The Labute approximate surface area is 164 Å². The van der Waals surface area contributed by atoms with Gasteiger partial charge in [-0.15, -0.1) is 0 Å². The van der Waals surface area contributed by atoms with Crippen LogP contribution in [0.4, 0.5) is 0 Å². The molecule has 0 heterocycles. The van der Waals surface area contributed by atoms with Crippen molar-refractivity contribution in [3.05, 3.63) is 0 Å². The number of hydrogen-bond donors (Lipinski definition) is 2. The Morgan fingerprint density at radius 1 is 0.704 bits per heavy atom. The van der Waals surface area contributed by atoms with E-state index in [4.69, 9.17) is 14.6 Å². The van der Waals surface area contributed by atoms with Crippen molar-refractivity contribution in [3.8, 4) is 0 Å². The topological polar surface area (TPSA) is 94.1 Å². The Morgan fingerprint density at radius 2 is 1.26 bits per heavy atom. The number of ether oxygens (including phenoxy) is 3. The number of aliphatic carboxylic acids is 1. The van der Waals surface area contributed by atoms with Crippen LogP contribution in [0.15, 0.2) is 0 Å². The largest absolute Gasteiger partial charge is 0.480 e. The van der Waals surface area contributed by atoms with Crippen molar-refractivity contribution >= 4 is 11.9 Å². The molecular weight excluding hydrogens is 350 g/mol. The van der Waals surface area contributed by atoms with Gasteiger partial charge in [-0.05, 0) is 6.42 Å². The Kier molecular flexibility index (Phi) is 20.2. The molecule has 0 rings (SSSR count). The molecule has 0 spiro atoms.